The molecule has 2 nitrogen and oxygen atoms in total. The third-order valence-corrected chi connectivity index (χ3v) is 4.38. The lowest BCUT2D eigenvalue weighted by molar-refractivity contribution is 0.878. The predicted octanol–water partition coefficient (Wildman–Crippen LogP) is 4.53. The predicted molar refractivity (Wildman–Crippen MR) is 86.4 cm³/mol. The summed E-state index contributed by atoms with van der Waals surface area (Å²) in [5.41, 5.74) is 6.96. The maximum atomic E-state index is 9.32. The highest BCUT2D eigenvalue weighted by atomic mass is 14.9. The molecule has 2 aromatic carbocycles. The van der Waals surface area contributed by atoms with Gasteiger partial charge in [0, 0.05) is 6.04 Å². The molecule has 1 N–H and O–H groups in total. The van der Waals surface area contributed by atoms with Crippen LogP contribution in [0.15, 0.2) is 36.4 Å². The van der Waals surface area contributed by atoms with Gasteiger partial charge >= 0.3 is 0 Å². The molecule has 0 bridgehead atoms. The van der Waals surface area contributed by atoms with Crippen LogP contribution in [0.2, 0.25) is 0 Å². The third-order valence-electron chi connectivity index (χ3n) is 4.38. The topological polar surface area (TPSA) is 35.8 Å². The average Bonchev–Trinajstić information content (AvgIpc) is 2.94. The lowest BCUT2D eigenvalue weighted by atomic mass is 10.0. The number of nitrogens with one attached hydrogen (secondary N) is 1. The van der Waals surface area contributed by atoms with E-state index >= 15 is 0 Å². The molecule has 0 saturated heterocycles. The zero-order chi connectivity index (χ0) is 14.8. The van der Waals surface area contributed by atoms with Gasteiger partial charge in [-0.25, -0.2) is 0 Å². The fourth-order valence-electron chi connectivity index (χ4n) is 3.11. The van der Waals surface area contributed by atoms with Crippen LogP contribution in [-0.2, 0) is 12.8 Å². The number of rotatable bonds is 3. The van der Waals surface area contributed by atoms with Gasteiger partial charge in [-0.05, 0) is 61.4 Å². The Kier molecular flexibility index (Phi) is 3.66. The summed E-state index contributed by atoms with van der Waals surface area (Å²) in [6.07, 6.45) is 3.69. The molecule has 0 aromatic heterocycles. The lowest BCUT2D eigenvalue weighted by Gasteiger charge is -2.18. The van der Waals surface area contributed by atoms with Crippen molar-refractivity contribution in [3.63, 3.8) is 0 Å². The minimum Gasteiger partial charge on any atom is -0.377 e. The number of hydrogen-bond donors (Lipinski definition) is 1. The van der Waals surface area contributed by atoms with Crippen LogP contribution in [-0.4, -0.2) is 0 Å². The SMILES string of the molecule is Cc1cccc(NC(C)c2ccc3c(c2)CCC3)c1C#N. The number of aryl methyl sites for hydroxylation is 3. The van der Waals surface area contributed by atoms with E-state index in [9.17, 15) is 5.26 Å². The van der Waals surface area contributed by atoms with Gasteiger partial charge in [-0.3, -0.25) is 0 Å². The fourth-order valence-corrected chi connectivity index (χ4v) is 3.11. The Hall–Kier alpha value is -2.27. The maximum Gasteiger partial charge on any atom is 0.102 e. The highest BCUT2D eigenvalue weighted by Crippen LogP contribution is 2.28. The van der Waals surface area contributed by atoms with E-state index in [1.165, 1.54) is 36.0 Å². The molecule has 0 saturated carbocycles. The Balaban J connectivity index is 1.86. The quantitative estimate of drug-likeness (QED) is 0.894. The van der Waals surface area contributed by atoms with Crippen LogP contribution in [0.25, 0.3) is 0 Å². The number of hydrogen-bond acceptors (Lipinski definition) is 2. The maximum absolute atomic E-state index is 9.32. The normalized spacial score (nSPS) is 14.3. The van der Waals surface area contributed by atoms with Crippen molar-refractivity contribution in [3.05, 3.63) is 64.2 Å². The zero-order valence-electron chi connectivity index (χ0n) is 12.6. The largest absolute Gasteiger partial charge is 0.377 e. The molecule has 0 heterocycles. The summed E-state index contributed by atoms with van der Waals surface area (Å²) in [6, 6.07) is 15.2. The van der Waals surface area contributed by atoms with Crippen molar-refractivity contribution >= 4 is 5.69 Å². The minimum atomic E-state index is 0.199. The molecule has 2 heteroatoms. The second-order valence-electron chi connectivity index (χ2n) is 5.86. The first-order valence-electron chi connectivity index (χ1n) is 7.57. The molecular formula is C19H20N2. The van der Waals surface area contributed by atoms with Gasteiger partial charge in [-0.1, -0.05) is 30.3 Å². The summed E-state index contributed by atoms with van der Waals surface area (Å²) in [6.45, 7) is 4.13. The van der Waals surface area contributed by atoms with E-state index < -0.39 is 0 Å². The standard InChI is InChI=1S/C19H20N2/c1-13-5-3-8-19(18(13)12-20)21-14(2)16-10-9-15-6-4-7-17(15)11-16/h3,5,8-11,14,21H,4,6-7H2,1-2H3. The smallest absolute Gasteiger partial charge is 0.102 e. The van der Waals surface area contributed by atoms with Gasteiger partial charge in [0.1, 0.15) is 6.07 Å². The van der Waals surface area contributed by atoms with E-state index in [1.54, 1.807) is 0 Å². The van der Waals surface area contributed by atoms with Gasteiger partial charge in [-0.15, -0.1) is 0 Å². The number of nitrogens with zero attached hydrogens (tertiary/aromatic N) is 1. The fraction of sp³-hybridized carbons (Fsp3) is 0.316. The van der Waals surface area contributed by atoms with E-state index in [2.05, 4.69) is 36.5 Å². The molecule has 0 spiro atoms. The van der Waals surface area contributed by atoms with Crippen LogP contribution in [0.5, 0.6) is 0 Å². The zero-order valence-corrected chi connectivity index (χ0v) is 12.6. The number of anilines is 1. The van der Waals surface area contributed by atoms with Crippen LogP contribution in [0.4, 0.5) is 5.69 Å². The average molecular weight is 276 g/mol. The van der Waals surface area contributed by atoms with Crippen LogP contribution in [0.3, 0.4) is 0 Å². The molecular weight excluding hydrogens is 256 g/mol. The van der Waals surface area contributed by atoms with Crippen LogP contribution in [0, 0.1) is 18.3 Å². The van der Waals surface area contributed by atoms with Crippen molar-refractivity contribution in [1.29, 1.82) is 5.26 Å². The van der Waals surface area contributed by atoms with Crippen molar-refractivity contribution in [2.24, 2.45) is 0 Å². The summed E-state index contributed by atoms with van der Waals surface area (Å²) in [4.78, 5) is 0. The summed E-state index contributed by atoms with van der Waals surface area (Å²) >= 11 is 0. The van der Waals surface area contributed by atoms with E-state index in [-0.39, 0.29) is 6.04 Å². The lowest BCUT2D eigenvalue weighted by Crippen LogP contribution is -2.08. The summed E-state index contributed by atoms with van der Waals surface area (Å²) < 4.78 is 0. The molecule has 0 fully saturated rings. The highest BCUT2D eigenvalue weighted by Gasteiger charge is 2.14. The molecule has 1 aliphatic rings. The van der Waals surface area contributed by atoms with Crippen molar-refractivity contribution < 1.29 is 0 Å². The Morgan fingerprint density at radius 1 is 1.14 bits per heavy atom. The molecule has 1 atom stereocenters. The molecule has 2 aromatic rings. The molecule has 3 rings (SSSR count). The van der Waals surface area contributed by atoms with Crippen LogP contribution < -0.4 is 5.32 Å². The third kappa shape index (κ3) is 2.64. The highest BCUT2D eigenvalue weighted by molar-refractivity contribution is 5.61. The number of nitriles is 1. The Labute approximate surface area is 126 Å². The first-order valence-corrected chi connectivity index (χ1v) is 7.57. The van der Waals surface area contributed by atoms with Gasteiger partial charge in [-0.2, -0.15) is 5.26 Å². The molecule has 1 aliphatic carbocycles. The number of benzene rings is 2. The van der Waals surface area contributed by atoms with Crippen molar-refractivity contribution in [1.82, 2.24) is 0 Å². The summed E-state index contributed by atoms with van der Waals surface area (Å²) in [7, 11) is 0. The molecule has 106 valence electrons. The Bertz CT molecular complexity index is 710. The molecule has 0 amide bonds. The van der Waals surface area contributed by atoms with E-state index in [0.717, 1.165) is 16.8 Å². The number of fused-ring (bicyclic) bond motifs is 1. The van der Waals surface area contributed by atoms with Crippen LogP contribution >= 0.6 is 0 Å². The molecule has 1 unspecified atom stereocenters. The van der Waals surface area contributed by atoms with Gasteiger partial charge in [0.15, 0.2) is 0 Å². The van der Waals surface area contributed by atoms with Crippen LogP contribution in [0.1, 0.15) is 47.2 Å². The molecule has 0 aliphatic heterocycles. The van der Waals surface area contributed by atoms with Gasteiger partial charge < -0.3 is 5.32 Å². The van der Waals surface area contributed by atoms with Crippen molar-refractivity contribution in [3.8, 4) is 6.07 Å². The van der Waals surface area contributed by atoms with E-state index in [0.29, 0.717) is 0 Å². The first kappa shape index (κ1) is 13.7. The van der Waals surface area contributed by atoms with Gasteiger partial charge in [0.2, 0.25) is 0 Å². The van der Waals surface area contributed by atoms with E-state index in [1.807, 2.05) is 25.1 Å². The second kappa shape index (κ2) is 5.61. The molecule has 21 heavy (non-hydrogen) atoms. The second-order valence-corrected chi connectivity index (χ2v) is 5.86. The summed E-state index contributed by atoms with van der Waals surface area (Å²) in [5, 5.41) is 12.8. The van der Waals surface area contributed by atoms with Crippen molar-refractivity contribution in [2.75, 3.05) is 5.32 Å². The van der Waals surface area contributed by atoms with E-state index in [4.69, 9.17) is 0 Å². The Morgan fingerprint density at radius 3 is 2.76 bits per heavy atom. The monoisotopic (exact) mass is 276 g/mol. The Morgan fingerprint density at radius 2 is 1.95 bits per heavy atom. The first-order chi connectivity index (χ1) is 10.2. The van der Waals surface area contributed by atoms with Gasteiger partial charge in [0.05, 0.1) is 11.3 Å². The summed E-state index contributed by atoms with van der Waals surface area (Å²) in [5.74, 6) is 0. The molecule has 0 radical (unpaired) electrons. The van der Waals surface area contributed by atoms with Gasteiger partial charge in [0.25, 0.3) is 0 Å². The minimum absolute atomic E-state index is 0.199. The van der Waals surface area contributed by atoms with Crippen molar-refractivity contribution in [2.45, 2.75) is 39.2 Å².